The van der Waals surface area contributed by atoms with E-state index in [2.05, 4.69) is 15.0 Å². The molecule has 0 amide bonds. The lowest BCUT2D eigenvalue weighted by atomic mass is 10.2. The highest BCUT2D eigenvalue weighted by atomic mass is 19.4. The van der Waals surface area contributed by atoms with Gasteiger partial charge in [-0.1, -0.05) is 0 Å². The molecule has 0 aliphatic heterocycles. The Morgan fingerprint density at radius 1 is 1.14 bits per heavy atom. The van der Waals surface area contributed by atoms with Gasteiger partial charge in [-0.15, -0.1) is 0 Å². The van der Waals surface area contributed by atoms with Crippen molar-refractivity contribution >= 4 is 0 Å². The molecule has 112 valence electrons. The van der Waals surface area contributed by atoms with Gasteiger partial charge in [-0.2, -0.15) is 13.2 Å². The smallest absolute Gasteiger partial charge is 0.350 e. The van der Waals surface area contributed by atoms with E-state index in [1.807, 2.05) is 0 Å². The number of ether oxygens (including phenoxy) is 2. The van der Waals surface area contributed by atoms with Crippen LogP contribution < -0.4 is 0 Å². The van der Waals surface area contributed by atoms with Crippen LogP contribution in [0.3, 0.4) is 0 Å². The third-order valence-corrected chi connectivity index (χ3v) is 2.63. The van der Waals surface area contributed by atoms with Crippen molar-refractivity contribution in [2.24, 2.45) is 0 Å². The maximum absolute atomic E-state index is 12.9. The minimum absolute atomic E-state index is 0.0128. The summed E-state index contributed by atoms with van der Waals surface area (Å²) in [6, 6.07) is 3.96. The predicted octanol–water partition coefficient (Wildman–Crippen LogP) is 2.85. The van der Waals surface area contributed by atoms with Crippen molar-refractivity contribution in [1.29, 1.82) is 0 Å². The maximum Gasteiger partial charge on any atom is 0.433 e. The minimum Gasteiger partial charge on any atom is -0.350 e. The zero-order valence-corrected chi connectivity index (χ0v) is 11.3. The Bertz CT molecular complexity index is 601. The van der Waals surface area contributed by atoms with Crippen molar-refractivity contribution in [3.63, 3.8) is 0 Å². The van der Waals surface area contributed by atoms with E-state index < -0.39 is 18.2 Å². The molecular weight excluding hydrogens is 287 g/mol. The van der Waals surface area contributed by atoms with Crippen LogP contribution in [0, 0.1) is 0 Å². The molecule has 0 saturated heterocycles. The molecule has 0 saturated carbocycles. The van der Waals surface area contributed by atoms with Crippen molar-refractivity contribution < 1.29 is 22.6 Å². The number of hydrogen-bond donors (Lipinski definition) is 0. The number of nitrogens with zero attached hydrogens (tertiary/aromatic N) is 3. The Balaban J connectivity index is 2.58. The Labute approximate surface area is 118 Å². The average Bonchev–Trinajstić information content (AvgIpc) is 2.48. The molecule has 0 atom stereocenters. The molecule has 5 nitrogen and oxygen atoms in total. The average molecular weight is 299 g/mol. The van der Waals surface area contributed by atoms with Gasteiger partial charge >= 0.3 is 6.18 Å². The summed E-state index contributed by atoms with van der Waals surface area (Å²) in [7, 11) is 2.63. The first-order valence-electron chi connectivity index (χ1n) is 5.88. The Hall–Kier alpha value is -2.06. The Kier molecular flexibility index (Phi) is 4.49. The van der Waals surface area contributed by atoms with E-state index in [1.54, 1.807) is 12.1 Å². The molecule has 0 N–H and O–H groups in total. The van der Waals surface area contributed by atoms with Crippen LogP contribution in [-0.4, -0.2) is 29.2 Å². The monoisotopic (exact) mass is 299 g/mol. The fourth-order valence-electron chi connectivity index (χ4n) is 1.69. The molecule has 2 aromatic rings. The number of halogens is 3. The first kappa shape index (κ1) is 15.3. The van der Waals surface area contributed by atoms with E-state index in [9.17, 15) is 13.2 Å². The molecule has 0 radical (unpaired) electrons. The molecule has 0 bridgehead atoms. The van der Waals surface area contributed by atoms with Crippen LogP contribution in [0.5, 0.6) is 0 Å². The van der Waals surface area contributed by atoms with Gasteiger partial charge in [0.25, 0.3) is 0 Å². The van der Waals surface area contributed by atoms with Crippen LogP contribution in [0.2, 0.25) is 0 Å². The molecule has 2 aromatic heterocycles. The van der Waals surface area contributed by atoms with Crippen LogP contribution in [0.4, 0.5) is 13.2 Å². The van der Waals surface area contributed by atoms with E-state index in [4.69, 9.17) is 9.47 Å². The van der Waals surface area contributed by atoms with Gasteiger partial charge in [-0.25, -0.2) is 9.97 Å². The minimum atomic E-state index is -4.60. The van der Waals surface area contributed by atoms with Crippen molar-refractivity contribution in [1.82, 2.24) is 15.0 Å². The van der Waals surface area contributed by atoms with E-state index in [0.717, 1.165) is 6.07 Å². The van der Waals surface area contributed by atoms with Crippen molar-refractivity contribution in [2.45, 2.75) is 12.5 Å². The highest BCUT2D eigenvalue weighted by Crippen LogP contribution is 2.31. The molecular formula is C13H12F3N3O2. The number of hydrogen-bond acceptors (Lipinski definition) is 5. The SMILES string of the molecule is COC(OC)c1cc(C(F)(F)F)nc(-c2cccnc2)n1. The summed E-state index contributed by atoms with van der Waals surface area (Å²) < 4.78 is 48.7. The highest BCUT2D eigenvalue weighted by Gasteiger charge is 2.34. The lowest BCUT2D eigenvalue weighted by molar-refractivity contribution is -0.142. The van der Waals surface area contributed by atoms with E-state index in [1.165, 1.54) is 26.6 Å². The van der Waals surface area contributed by atoms with Crippen LogP contribution in [0.15, 0.2) is 30.6 Å². The van der Waals surface area contributed by atoms with E-state index >= 15 is 0 Å². The quantitative estimate of drug-likeness (QED) is 0.813. The van der Waals surface area contributed by atoms with E-state index in [-0.39, 0.29) is 11.5 Å². The molecule has 0 aliphatic carbocycles. The molecule has 0 aliphatic rings. The summed E-state index contributed by atoms with van der Waals surface area (Å²) in [5, 5.41) is 0. The Morgan fingerprint density at radius 3 is 2.38 bits per heavy atom. The first-order chi connectivity index (χ1) is 9.95. The van der Waals surface area contributed by atoms with Gasteiger partial charge in [-0.3, -0.25) is 4.98 Å². The molecule has 21 heavy (non-hydrogen) atoms. The van der Waals surface area contributed by atoms with E-state index in [0.29, 0.717) is 5.56 Å². The van der Waals surface area contributed by atoms with Crippen molar-refractivity contribution in [3.05, 3.63) is 42.0 Å². The van der Waals surface area contributed by atoms with Gasteiger partial charge in [0, 0.05) is 32.2 Å². The second-order valence-corrected chi connectivity index (χ2v) is 4.04. The second kappa shape index (κ2) is 6.15. The van der Waals surface area contributed by atoms with Gasteiger partial charge in [0.15, 0.2) is 5.82 Å². The van der Waals surface area contributed by atoms with Crippen LogP contribution in [-0.2, 0) is 15.7 Å². The molecule has 0 aromatic carbocycles. The third-order valence-electron chi connectivity index (χ3n) is 2.63. The zero-order chi connectivity index (χ0) is 15.5. The fourth-order valence-corrected chi connectivity index (χ4v) is 1.69. The summed E-state index contributed by atoms with van der Waals surface area (Å²) in [6.45, 7) is 0. The summed E-state index contributed by atoms with van der Waals surface area (Å²) in [4.78, 5) is 11.4. The number of rotatable bonds is 4. The molecule has 2 rings (SSSR count). The summed E-state index contributed by atoms with van der Waals surface area (Å²) in [5.41, 5.74) is -0.706. The Morgan fingerprint density at radius 2 is 1.86 bits per heavy atom. The van der Waals surface area contributed by atoms with Gasteiger partial charge < -0.3 is 9.47 Å². The van der Waals surface area contributed by atoms with Crippen LogP contribution >= 0.6 is 0 Å². The van der Waals surface area contributed by atoms with Crippen molar-refractivity contribution in [2.75, 3.05) is 14.2 Å². The molecule has 2 heterocycles. The highest BCUT2D eigenvalue weighted by molar-refractivity contribution is 5.53. The largest absolute Gasteiger partial charge is 0.433 e. The van der Waals surface area contributed by atoms with Gasteiger partial charge in [0.05, 0.1) is 0 Å². The lowest BCUT2D eigenvalue weighted by Crippen LogP contribution is -2.14. The van der Waals surface area contributed by atoms with Crippen LogP contribution in [0.25, 0.3) is 11.4 Å². The molecule has 0 unspecified atom stereocenters. The first-order valence-corrected chi connectivity index (χ1v) is 5.88. The van der Waals surface area contributed by atoms with Gasteiger partial charge in [-0.05, 0) is 18.2 Å². The number of aromatic nitrogens is 3. The predicted molar refractivity (Wildman–Crippen MR) is 67.0 cm³/mol. The topological polar surface area (TPSA) is 57.1 Å². The second-order valence-electron chi connectivity index (χ2n) is 4.04. The number of alkyl halides is 3. The zero-order valence-electron chi connectivity index (χ0n) is 11.3. The van der Waals surface area contributed by atoms with Gasteiger partial charge in [0.1, 0.15) is 11.4 Å². The molecule has 0 spiro atoms. The fraction of sp³-hybridized carbons (Fsp3) is 0.308. The molecule has 0 fully saturated rings. The standard InChI is InChI=1S/C13H12F3N3O2/c1-20-12(21-2)9-6-10(13(14,15)16)19-11(18-9)8-4-3-5-17-7-8/h3-7,12H,1-2H3. The normalized spacial score (nSPS) is 11.9. The molecule has 8 heteroatoms. The number of methoxy groups -OCH3 is 2. The third kappa shape index (κ3) is 3.53. The van der Waals surface area contributed by atoms with Crippen LogP contribution in [0.1, 0.15) is 17.7 Å². The summed E-state index contributed by atoms with van der Waals surface area (Å²) in [5.74, 6) is -0.0907. The van der Waals surface area contributed by atoms with Crippen molar-refractivity contribution in [3.8, 4) is 11.4 Å². The summed E-state index contributed by atoms with van der Waals surface area (Å²) in [6.07, 6.45) is -2.72. The maximum atomic E-state index is 12.9. The lowest BCUT2D eigenvalue weighted by Gasteiger charge is -2.15. The number of pyridine rings is 1. The van der Waals surface area contributed by atoms with Gasteiger partial charge in [0.2, 0.25) is 6.29 Å². The summed E-state index contributed by atoms with van der Waals surface area (Å²) >= 11 is 0.